The number of thioether (sulfide) groups is 1. The molecule has 1 saturated heterocycles. The third kappa shape index (κ3) is 4.29. The first-order valence-corrected chi connectivity index (χ1v) is 7.19. The fraction of sp³-hybridized carbons (Fsp3) is 0.538. The fourth-order valence-electron chi connectivity index (χ4n) is 1.78. The summed E-state index contributed by atoms with van der Waals surface area (Å²) in [6.07, 6.45) is -4.66. The van der Waals surface area contributed by atoms with E-state index in [-0.39, 0.29) is 17.8 Å². The van der Waals surface area contributed by atoms with E-state index in [1.165, 1.54) is 12.1 Å². The van der Waals surface area contributed by atoms with Gasteiger partial charge in [0.1, 0.15) is 5.75 Å². The summed E-state index contributed by atoms with van der Waals surface area (Å²) in [7, 11) is 0. The van der Waals surface area contributed by atoms with Gasteiger partial charge in [0.2, 0.25) is 0 Å². The van der Waals surface area contributed by atoms with Gasteiger partial charge in [-0.25, -0.2) is 0 Å². The molecule has 1 aliphatic heterocycles. The van der Waals surface area contributed by atoms with Gasteiger partial charge in [-0.1, -0.05) is 12.1 Å². The van der Waals surface area contributed by atoms with Gasteiger partial charge >= 0.3 is 6.36 Å². The van der Waals surface area contributed by atoms with Crippen molar-refractivity contribution in [2.45, 2.75) is 12.1 Å². The Morgan fingerprint density at radius 1 is 1.25 bits per heavy atom. The summed E-state index contributed by atoms with van der Waals surface area (Å²) in [4.78, 5) is 0. The normalized spacial score (nSPS) is 17.6. The summed E-state index contributed by atoms with van der Waals surface area (Å²) in [6.45, 7) is 1.22. The number of aliphatic hydroxyl groups is 1. The van der Waals surface area contributed by atoms with Gasteiger partial charge in [0.25, 0.3) is 0 Å². The zero-order chi connectivity index (χ0) is 14.6. The zero-order valence-electron chi connectivity index (χ0n) is 10.7. The van der Waals surface area contributed by atoms with Crippen molar-refractivity contribution in [2.24, 2.45) is 5.41 Å². The number of hydrogen-bond donors (Lipinski definition) is 1. The average molecular weight is 308 g/mol. The highest BCUT2D eigenvalue weighted by molar-refractivity contribution is 7.98. The Morgan fingerprint density at radius 2 is 1.90 bits per heavy atom. The smallest absolute Gasteiger partial charge is 0.406 e. The molecule has 7 heteroatoms. The van der Waals surface area contributed by atoms with E-state index in [1.54, 1.807) is 23.9 Å². The molecule has 20 heavy (non-hydrogen) atoms. The molecule has 1 aromatic rings. The number of ether oxygens (including phenoxy) is 2. The average Bonchev–Trinajstić information content (AvgIpc) is 2.33. The van der Waals surface area contributed by atoms with Crippen LogP contribution in [0.1, 0.15) is 5.56 Å². The van der Waals surface area contributed by atoms with Crippen LogP contribution in [0.25, 0.3) is 0 Å². The minimum absolute atomic E-state index is 0.0956. The number of aliphatic hydroxyl groups excluding tert-OH is 1. The van der Waals surface area contributed by atoms with Crippen LogP contribution in [0.3, 0.4) is 0 Å². The molecular formula is C13H15F3O3S. The molecule has 3 nitrogen and oxygen atoms in total. The van der Waals surface area contributed by atoms with E-state index in [0.29, 0.717) is 19.0 Å². The van der Waals surface area contributed by atoms with E-state index in [0.717, 1.165) is 11.3 Å². The van der Waals surface area contributed by atoms with Crippen LogP contribution in [0.15, 0.2) is 24.3 Å². The van der Waals surface area contributed by atoms with Crippen molar-refractivity contribution in [1.82, 2.24) is 0 Å². The molecule has 1 fully saturated rings. The summed E-state index contributed by atoms with van der Waals surface area (Å²) in [6, 6.07) is 5.82. The van der Waals surface area contributed by atoms with Gasteiger partial charge in [0, 0.05) is 16.9 Å². The molecule has 1 N–H and O–H groups in total. The predicted molar refractivity (Wildman–Crippen MR) is 69.6 cm³/mol. The van der Waals surface area contributed by atoms with Gasteiger partial charge in [0.15, 0.2) is 0 Å². The van der Waals surface area contributed by atoms with Gasteiger partial charge in [-0.15, -0.1) is 13.2 Å². The molecule has 1 heterocycles. The monoisotopic (exact) mass is 308 g/mol. The van der Waals surface area contributed by atoms with Crippen LogP contribution in [0, 0.1) is 5.41 Å². The molecule has 0 aromatic heterocycles. The number of alkyl halides is 3. The van der Waals surface area contributed by atoms with Crippen LogP contribution in [-0.2, 0) is 10.5 Å². The van der Waals surface area contributed by atoms with Crippen molar-refractivity contribution in [3.05, 3.63) is 29.8 Å². The van der Waals surface area contributed by atoms with Gasteiger partial charge in [-0.2, -0.15) is 11.8 Å². The molecule has 112 valence electrons. The predicted octanol–water partition coefficient (Wildman–Crippen LogP) is 2.83. The molecule has 2 rings (SSSR count). The molecule has 0 aliphatic carbocycles. The van der Waals surface area contributed by atoms with Crippen LogP contribution < -0.4 is 4.74 Å². The van der Waals surface area contributed by atoms with Crippen LogP contribution in [0.5, 0.6) is 5.75 Å². The molecule has 0 bridgehead atoms. The molecule has 0 amide bonds. The van der Waals surface area contributed by atoms with Gasteiger partial charge in [-0.05, 0) is 17.7 Å². The molecule has 1 aromatic carbocycles. The second kappa shape index (κ2) is 6.24. The number of benzene rings is 1. The SMILES string of the molecule is OCC1(CSCc2ccc(OC(F)(F)F)cc2)COC1. The van der Waals surface area contributed by atoms with E-state index in [4.69, 9.17) is 4.74 Å². The first kappa shape index (κ1) is 15.5. The van der Waals surface area contributed by atoms with Crippen LogP contribution in [0.4, 0.5) is 13.2 Å². The lowest BCUT2D eigenvalue weighted by Crippen LogP contribution is -2.47. The van der Waals surface area contributed by atoms with E-state index in [9.17, 15) is 18.3 Å². The van der Waals surface area contributed by atoms with E-state index < -0.39 is 6.36 Å². The maximum absolute atomic E-state index is 12.0. The van der Waals surface area contributed by atoms with E-state index in [1.807, 2.05) is 0 Å². The third-order valence-corrected chi connectivity index (χ3v) is 4.34. The Morgan fingerprint density at radius 3 is 2.35 bits per heavy atom. The van der Waals surface area contributed by atoms with Crippen LogP contribution >= 0.6 is 11.8 Å². The van der Waals surface area contributed by atoms with Gasteiger partial charge in [0.05, 0.1) is 19.8 Å². The minimum Gasteiger partial charge on any atom is -0.406 e. The summed E-state index contributed by atoms with van der Waals surface area (Å²) in [5, 5.41) is 9.26. The minimum atomic E-state index is -4.66. The first-order chi connectivity index (χ1) is 9.42. The van der Waals surface area contributed by atoms with Gasteiger partial charge < -0.3 is 14.6 Å². The highest BCUT2D eigenvalue weighted by Crippen LogP contribution is 2.32. The zero-order valence-corrected chi connectivity index (χ0v) is 11.5. The summed E-state index contributed by atoms with van der Waals surface area (Å²) < 4.78 is 44.9. The Hall–Kier alpha value is -0.920. The summed E-state index contributed by atoms with van der Waals surface area (Å²) in [5.41, 5.74) is 0.766. The second-order valence-corrected chi connectivity index (χ2v) is 5.82. The molecular weight excluding hydrogens is 293 g/mol. The topological polar surface area (TPSA) is 38.7 Å². The fourth-order valence-corrected chi connectivity index (χ4v) is 3.00. The van der Waals surface area contributed by atoms with Gasteiger partial charge in [-0.3, -0.25) is 0 Å². The third-order valence-electron chi connectivity index (χ3n) is 2.99. The maximum Gasteiger partial charge on any atom is 0.573 e. The van der Waals surface area contributed by atoms with Crippen molar-refractivity contribution in [3.63, 3.8) is 0 Å². The second-order valence-electron chi connectivity index (χ2n) is 4.84. The molecule has 0 spiro atoms. The Balaban J connectivity index is 1.79. The van der Waals surface area contributed by atoms with E-state index in [2.05, 4.69) is 4.74 Å². The molecule has 1 aliphatic rings. The molecule has 0 saturated carbocycles. The van der Waals surface area contributed by atoms with Crippen LogP contribution in [-0.4, -0.2) is 37.0 Å². The van der Waals surface area contributed by atoms with Crippen molar-refractivity contribution < 1.29 is 27.8 Å². The molecule has 0 radical (unpaired) electrons. The Kier molecular flexibility index (Phi) is 4.82. The lowest BCUT2D eigenvalue weighted by Gasteiger charge is -2.39. The van der Waals surface area contributed by atoms with Crippen molar-refractivity contribution in [1.29, 1.82) is 0 Å². The van der Waals surface area contributed by atoms with Crippen molar-refractivity contribution in [3.8, 4) is 5.75 Å². The van der Waals surface area contributed by atoms with E-state index >= 15 is 0 Å². The maximum atomic E-state index is 12.0. The largest absolute Gasteiger partial charge is 0.573 e. The number of rotatable bonds is 6. The number of hydrogen-bond acceptors (Lipinski definition) is 4. The Labute approximate surface area is 119 Å². The quantitative estimate of drug-likeness (QED) is 0.877. The summed E-state index contributed by atoms with van der Waals surface area (Å²) >= 11 is 1.63. The van der Waals surface area contributed by atoms with Crippen molar-refractivity contribution in [2.75, 3.05) is 25.6 Å². The first-order valence-electron chi connectivity index (χ1n) is 6.04. The standard InChI is InChI=1S/C13H15F3O3S/c14-13(15,16)19-11-3-1-10(2-4-11)5-20-9-12(6-17)7-18-8-12/h1-4,17H,5-9H2. The Bertz CT molecular complexity index is 424. The molecule has 0 unspecified atom stereocenters. The lowest BCUT2D eigenvalue weighted by molar-refractivity contribution is -0.274. The van der Waals surface area contributed by atoms with Crippen molar-refractivity contribution >= 4 is 11.8 Å². The lowest BCUT2D eigenvalue weighted by atomic mass is 9.90. The highest BCUT2D eigenvalue weighted by atomic mass is 32.2. The highest BCUT2D eigenvalue weighted by Gasteiger charge is 2.37. The number of halogens is 3. The summed E-state index contributed by atoms with van der Waals surface area (Å²) in [5.74, 6) is 1.23. The van der Waals surface area contributed by atoms with Crippen LogP contribution in [0.2, 0.25) is 0 Å². The molecule has 0 atom stereocenters.